The summed E-state index contributed by atoms with van der Waals surface area (Å²) in [4.78, 5) is 28.1. The standard InChI is InChI=1S/C21H24N6O2/c1-15-14-18(20(28)23-8-9-27-10-12-29-13-11-27)26-21(24-15)25-17-6-2-4-16-5-3-7-22-19(16)17/h2-7,14H,8-13H2,1H3,(H,23,28)(H,24,25,26). The molecule has 1 aliphatic heterocycles. The van der Waals surface area contributed by atoms with Gasteiger partial charge in [0.05, 0.1) is 24.4 Å². The van der Waals surface area contributed by atoms with Crippen LogP contribution in [0.4, 0.5) is 11.6 Å². The molecule has 0 aliphatic carbocycles. The molecule has 0 radical (unpaired) electrons. The molecule has 8 nitrogen and oxygen atoms in total. The van der Waals surface area contributed by atoms with E-state index in [0.29, 0.717) is 23.9 Å². The lowest BCUT2D eigenvalue weighted by Crippen LogP contribution is -2.41. The molecule has 0 unspecified atom stereocenters. The summed E-state index contributed by atoms with van der Waals surface area (Å²) >= 11 is 0. The van der Waals surface area contributed by atoms with Gasteiger partial charge in [0.25, 0.3) is 5.91 Å². The number of nitrogens with one attached hydrogen (secondary N) is 2. The second-order valence-corrected chi connectivity index (χ2v) is 6.93. The molecular formula is C21H24N6O2. The summed E-state index contributed by atoms with van der Waals surface area (Å²) in [5.41, 5.74) is 2.69. The van der Waals surface area contributed by atoms with Crippen LogP contribution < -0.4 is 10.6 Å². The molecular weight excluding hydrogens is 368 g/mol. The molecule has 2 aromatic heterocycles. The molecule has 1 saturated heterocycles. The Labute approximate surface area is 169 Å². The zero-order chi connectivity index (χ0) is 20.1. The number of morpholine rings is 1. The Bertz CT molecular complexity index is 998. The first-order chi connectivity index (χ1) is 14.2. The van der Waals surface area contributed by atoms with Crippen LogP contribution in [0.5, 0.6) is 0 Å². The highest BCUT2D eigenvalue weighted by Gasteiger charge is 2.13. The third-order valence-corrected chi connectivity index (χ3v) is 4.78. The molecule has 8 heteroatoms. The van der Waals surface area contributed by atoms with Crippen molar-refractivity contribution in [2.75, 3.05) is 44.7 Å². The van der Waals surface area contributed by atoms with E-state index in [1.165, 1.54) is 0 Å². The maximum absolute atomic E-state index is 12.6. The molecule has 1 fully saturated rings. The second kappa shape index (κ2) is 8.93. The lowest BCUT2D eigenvalue weighted by atomic mass is 10.2. The Hall–Kier alpha value is -3.10. The number of pyridine rings is 1. The number of aryl methyl sites for hydroxylation is 1. The minimum absolute atomic E-state index is 0.206. The van der Waals surface area contributed by atoms with E-state index in [4.69, 9.17) is 4.74 Å². The van der Waals surface area contributed by atoms with Gasteiger partial charge >= 0.3 is 0 Å². The summed E-state index contributed by atoms with van der Waals surface area (Å²) < 4.78 is 5.34. The van der Waals surface area contributed by atoms with Crippen LogP contribution in [0, 0.1) is 6.92 Å². The summed E-state index contributed by atoms with van der Waals surface area (Å²) in [5, 5.41) is 7.17. The van der Waals surface area contributed by atoms with Crippen LogP contribution in [0.15, 0.2) is 42.6 Å². The van der Waals surface area contributed by atoms with Crippen molar-refractivity contribution in [3.05, 3.63) is 54.0 Å². The van der Waals surface area contributed by atoms with E-state index < -0.39 is 0 Å². The van der Waals surface area contributed by atoms with E-state index >= 15 is 0 Å². The van der Waals surface area contributed by atoms with Gasteiger partial charge in [0, 0.05) is 43.5 Å². The van der Waals surface area contributed by atoms with E-state index in [2.05, 4.69) is 30.5 Å². The zero-order valence-corrected chi connectivity index (χ0v) is 16.4. The quantitative estimate of drug-likeness (QED) is 0.664. The van der Waals surface area contributed by atoms with Crippen molar-refractivity contribution in [3.8, 4) is 0 Å². The van der Waals surface area contributed by atoms with Gasteiger partial charge < -0.3 is 15.4 Å². The van der Waals surface area contributed by atoms with Crippen molar-refractivity contribution >= 4 is 28.4 Å². The highest BCUT2D eigenvalue weighted by atomic mass is 16.5. The zero-order valence-electron chi connectivity index (χ0n) is 16.4. The largest absolute Gasteiger partial charge is 0.379 e. The van der Waals surface area contributed by atoms with Gasteiger partial charge in [-0.05, 0) is 25.1 Å². The molecule has 0 saturated carbocycles. The van der Waals surface area contributed by atoms with E-state index in [-0.39, 0.29) is 5.91 Å². The molecule has 3 heterocycles. The van der Waals surface area contributed by atoms with Crippen LogP contribution >= 0.6 is 0 Å². The minimum atomic E-state index is -0.206. The number of aromatic nitrogens is 3. The third-order valence-electron chi connectivity index (χ3n) is 4.78. The number of fused-ring (bicyclic) bond motifs is 1. The van der Waals surface area contributed by atoms with Crippen LogP contribution in [0.3, 0.4) is 0 Å². The highest BCUT2D eigenvalue weighted by molar-refractivity contribution is 5.93. The summed E-state index contributed by atoms with van der Waals surface area (Å²) in [6, 6.07) is 11.5. The van der Waals surface area contributed by atoms with Gasteiger partial charge in [-0.1, -0.05) is 18.2 Å². The smallest absolute Gasteiger partial charge is 0.270 e. The Kier molecular flexibility index (Phi) is 5.92. The van der Waals surface area contributed by atoms with Crippen LogP contribution in [0.2, 0.25) is 0 Å². The Morgan fingerprint density at radius 3 is 2.86 bits per heavy atom. The first-order valence-electron chi connectivity index (χ1n) is 9.74. The number of anilines is 2. The highest BCUT2D eigenvalue weighted by Crippen LogP contribution is 2.23. The molecule has 0 spiro atoms. The average Bonchev–Trinajstić information content (AvgIpc) is 2.74. The van der Waals surface area contributed by atoms with E-state index in [1.807, 2.05) is 37.3 Å². The number of nitrogens with zero attached hydrogens (tertiary/aromatic N) is 4. The van der Waals surface area contributed by atoms with Crippen molar-refractivity contribution < 1.29 is 9.53 Å². The number of carbonyl (C=O) groups excluding carboxylic acids is 1. The van der Waals surface area contributed by atoms with Gasteiger partial charge in [-0.3, -0.25) is 14.7 Å². The molecule has 3 aromatic rings. The van der Waals surface area contributed by atoms with Crippen molar-refractivity contribution in [2.45, 2.75) is 6.92 Å². The topological polar surface area (TPSA) is 92.3 Å². The van der Waals surface area contributed by atoms with E-state index in [0.717, 1.165) is 49.4 Å². The van der Waals surface area contributed by atoms with Gasteiger partial charge in [-0.25, -0.2) is 9.97 Å². The number of carbonyl (C=O) groups is 1. The Morgan fingerprint density at radius 1 is 1.17 bits per heavy atom. The number of benzene rings is 1. The molecule has 1 aromatic carbocycles. The van der Waals surface area contributed by atoms with Crippen molar-refractivity contribution in [3.63, 3.8) is 0 Å². The monoisotopic (exact) mass is 392 g/mol. The molecule has 0 atom stereocenters. The van der Waals surface area contributed by atoms with Gasteiger partial charge in [-0.15, -0.1) is 0 Å². The van der Waals surface area contributed by atoms with Gasteiger partial charge in [-0.2, -0.15) is 0 Å². The molecule has 2 N–H and O–H groups in total. The number of ether oxygens (including phenoxy) is 1. The SMILES string of the molecule is Cc1cc(C(=O)NCCN2CCOCC2)nc(Nc2cccc3cccnc23)n1. The lowest BCUT2D eigenvalue weighted by Gasteiger charge is -2.26. The predicted octanol–water partition coefficient (Wildman–Crippen LogP) is 2.14. The van der Waals surface area contributed by atoms with Crippen molar-refractivity contribution in [1.82, 2.24) is 25.2 Å². The molecule has 1 aliphatic rings. The van der Waals surface area contributed by atoms with E-state index in [1.54, 1.807) is 12.3 Å². The fourth-order valence-electron chi connectivity index (χ4n) is 3.31. The summed E-state index contributed by atoms with van der Waals surface area (Å²) in [6.07, 6.45) is 1.75. The second-order valence-electron chi connectivity index (χ2n) is 6.93. The minimum Gasteiger partial charge on any atom is -0.379 e. The fourth-order valence-corrected chi connectivity index (χ4v) is 3.31. The predicted molar refractivity (Wildman–Crippen MR) is 111 cm³/mol. The fraction of sp³-hybridized carbons (Fsp3) is 0.333. The molecule has 4 rings (SSSR count). The van der Waals surface area contributed by atoms with Crippen LogP contribution in [0.25, 0.3) is 10.9 Å². The number of amides is 1. The molecule has 29 heavy (non-hydrogen) atoms. The third kappa shape index (κ3) is 4.85. The normalized spacial score (nSPS) is 14.7. The average molecular weight is 392 g/mol. The van der Waals surface area contributed by atoms with Crippen LogP contribution in [0.1, 0.15) is 16.2 Å². The number of rotatable bonds is 6. The number of para-hydroxylation sites is 1. The first-order valence-corrected chi connectivity index (χ1v) is 9.74. The van der Waals surface area contributed by atoms with Crippen LogP contribution in [-0.4, -0.2) is 65.2 Å². The number of hydrogen-bond donors (Lipinski definition) is 2. The number of hydrogen-bond acceptors (Lipinski definition) is 7. The Morgan fingerprint density at radius 2 is 2.00 bits per heavy atom. The lowest BCUT2D eigenvalue weighted by molar-refractivity contribution is 0.0383. The maximum Gasteiger partial charge on any atom is 0.270 e. The van der Waals surface area contributed by atoms with Crippen molar-refractivity contribution in [1.29, 1.82) is 0 Å². The summed E-state index contributed by atoms with van der Waals surface area (Å²) in [7, 11) is 0. The molecule has 150 valence electrons. The molecule has 0 bridgehead atoms. The van der Waals surface area contributed by atoms with Gasteiger partial charge in [0.15, 0.2) is 0 Å². The Balaban J connectivity index is 1.44. The molecule has 1 amide bonds. The van der Waals surface area contributed by atoms with Crippen LogP contribution in [-0.2, 0) is 4.74 Å². The van der Waals surface area contributed by atoms with Gasteiger partial charge in [0.2, 0.25) is 5.95 Å². The van der Waals surface area contributed by atoms with Crippen molar-refractivity contribution in [2.24, 2.45) is 0 Å². The maximum atomic E-state index is 12.6. The van der Waals surface area contributed by atoms with Gasteiger partial charge in [0.1, 0.15) is 5.69 Å². The first kappa shape index (κ1) is 19.2. The summed E-state index contributed by atoms with van der Waals surface area (Å²) in [6.45, 7) is 6.50. The van der Waals surface area contributed by atoms with E-state index in [9.17, 15) is 4.79 Å². The summed E-state index contributed by atoms with van der Waals surface area (Å²) in [5.74, 6) is 0.171.